The summed E-state index contributed by atoms with van der Waals surface area (Å²) in [6, 6.07) is 0. The number of ether oxygens (including phenoxy) is 1. The van der Waals surface area contributed by atoms with Gasteiger partial charge in [-0.15, -0.1) is 0 Å². The first-order valence-electron chi connectivity index (χ1n) is 4.84. The molecule has 0 bridgehead atoms. The standard InChI is InChI=1S/C9H18N2O2/c1-3-8-13-9(12)11-6-4-10(2)5-7-11/h3-8H2,1-2H3. The number of hydrogen-bond donors (Lipinski definition) is 0. The summed E-state index contributed by atoms with van der Waals surface area (Å²) in [5.74, 6) is 0. The quantitative estimate of drug-likeness (QED) is 0.639. The summed E-state index contributed by atoms with van der Waals surface area (Å²) in [5, 5.41) is 0. The van der Waals surface area contributed by atoms with Gasteiger partial charge in [0, 0.05) is 26.2 Å². The zero-order valence-electron chi connectivity index (χ0n) is 8.45. The van der Waals surface area contributed by atoms with E-state index >= 15 is 0 Å². The Morgan fingerprint density at radius 1 is 1.31 bits per heavy atom. The molecule has 4 heteroatoms. The molecule has 0 aromatic carbocycles. The van der Waals surface area contributed by atoms with Crippen LogP contribution in [-0.2, 0) is 4.74 Å². The summed E-state index contributed by atoms with van der Waals surface area (Å²) in [4.78, 5) is 15.3. The van der Waals surface area contributed by atoms with E-state index in [1.165, 1.54) is 0 Å². The topological polar surface area (TPSA) is 32.8 Å². The van der Waals surface area contributed by atoms with Crippen LogP contribution < -0.4 is 0 Å². The lowest BCUT2D eigenvalue weighted by Crippen LogP contribution is -2.47. The van der Waals surface area contributed by atoms with Gasteiger partial charge in [0.1, 0.15) is 0 Å². The first-order valence-corrected chi connectivity index (χ1v) is 4.84. The fraction of sp³-hybridized carbons (Fsp3) is 0.889. The molecule has 13 heavy (non-hydrogen) atoms. The zero-order valence-corrected chi connectivity index (χ0v) is 8.45. The van der Waals surface area contributed by atoms with Crippen LogP contribution in [0.5, 0.6) is 0 Å². The number of rotatable bonds is 2. The maximum absolute atomic E-state index is 11.3. The van der Waals surface area contributed by atoms with Gasteiger partial charge >= 0.3 is 6.09 Å². The van der Waals surface area contributed by atoms with Crippen molar-refractivity contribution in [3.8, 4) is 0 Å². The van der Waals surface area contributed by atoms with Crippen molar-refractivity contribution in [2.24, 2.45) is 0 Å². The maximum Gasteiger partial charge on any atom is 0.409 e. The molecule has 0 saturated carbocycles. The van der Waals surface area contributed by atoms with E-state index in [2.05, 4.69) is 11.9 Å². The van der Waals surface area contributed by atoms with Crippen LogP contribution in [0.1, 0.15) is 13.3 Å². The Morgan fingerprint density at radius 3 is 2.46 bits per heavy atom. The minimum Gasteiger partial charge on any atom is -0.449 e. The molecule has 4 nitrogen and oxygen atoms in total. The second-order valence-corrected chi connectivity index (χ2v) is 3.40. The van der Waals surface area contributed by atoms with Gasteiger partial charge in [-0.05, 0) is 13.5 Å². The highest BCUT2D eigenvalue weighted by Crippen LogP contribution is 2.01. The Hall–Kier alpha value is -0.770. The molecule has 0 N–H and O–H groups in total. The Labute approximate surface area is 79.4 Å². The van der Waals surface area contributed by atoms with Crippen LogP contribution in [0.15, 0.2) is 0 Å². The number of likely N-dealkylation sites (N-methyl/N-ethyl adjacent to an activating group) is 1. The molecule has 0 spiro atoms. The molecule has 1 heterocycles. The first-order chi connectivity index (χ1) is 6.24. The maximum atomic E-state index is 11.3. The number of amides is 1. The van der Waals surface area contributed by atoms with Crippen molar-refractivity contribution in [3.63, 3.8) is 0 Å². The van der Waals surface area contributed by atoms with E-state index in [1.54, 1.807) is 4.90 Å². The summed E-state index contributed by atoms with van der Waals surface area (Å²) in [6.07, 6.45) is 0.731. The minimum atomic E-state index is -0.157. The molecule has 1 rings (SSSR count). The van der Waals surface area contributed by atoms with Gasteiger partial charge in [-0.2, -0.15) is 0 Å². The van der Waals surface area contributed by atoms with Crippen LogP contribution in [0.3, 0.4) is 0 Å². The summed E-state index contributed by atoms with van der Waals surface area (Å²) in [5.41, 5.74) is 0. The second kappa shape index (κ2) is 5.07. The van der Waals surface area contributed by atoms with Gasteiger partial charge in [0.15, 0.2) is 0 Å². The average molecular weight is 186 g/mol. The van der Waals surface area contributed by atoms with Crippen molar-refractivity contribution < 1.29 is 9.53 Å². The Bertz CT molecular complexity index is 165. The second-order valence-electron chi connectivity index (χ2n) is 3.40. The van der Waals surface area contributed by atoms with E-state index in [1.807, 2.05) is 6.92 Å². The molecule has 1 saturated heterocycles. The van der Waals surface area contributed by atoms with E-state index in [4.69, 9.17) is 4.74 Å². The van der Waals surface area contributed by atoms with Crippen LogP contribution in [-0.4, -0.2) is 55.7 Å². The SMILES string of the molecule is CCCOC(=O)N1CCN(C)CC1. The molecule has 0 unspecified atom stereocenters. The summed E-state index contributed by atoms with van der Waals surface area (Å²) in [7, 11) is 2.06. The molecule has 1 fully saturated rings. The van der Waals surface area contributed by atoms with Gasteiger partial charge in [-0.1, -0.05) is 6.92 Å². The fourth-order valence-corrected chi connectivity index (χ4v) is 1.27. The average Bonchev–Trinajstić information content (AvgIpc) is 2.15. The van der Waals surface area contributed by atoms with E-state index in [9.17, 15) is 4.79 Å². The zero-order chi connectivity index (χ0) is 9.68. The minimum absolute atomic E-state index is 0.157. The molecule has 0 aromatic rings. The molecule has 1 amide bonds. The van der Waals surface area contributed by atoms with E-state index in [0.717, 1.165) is 32.6 Å². The predicted molar refractivity (Wildman–Crippen MR) is 50.7 cm³/mol. The van der Waals surface area contributed by atoms with Crippen molar-refractivity contribution in [2.45, 2.75) is 13.3 Å². The van der Waals surface area contributed by atoms with Gasteiger partial charge in [0.2, 0.25) is 0 Å². The molecule has 0 atom stereocenters. The van der Waals surface area contributed by atoms with Crippen molar-refractivity contribution in [1.29, 1.82) is 0 Å². The lowest BCUT2D eigenvalue weighted by atomic mass is 10.3. The number of carbonyl (C=O) groups excluding carboxylic acids is 1. The van der Waals surface area contributed by atoms with Gasteiger partial charge in [-0.25, -0.2) is 4.79 Å². The van der Waals surface area contributed by atoms with E-state index < -0.39 is 0 Å². The molecule has 1 aliphatic rings. The highest BCUT2D eigenvalue weighted by atomic mass is 16.6. The highest BCUT2D eigenvalue weighted by Gasteiger charge is 2.19. The number of hydrogen-bond acceptors (Lipinski definition) is 3. The lowest BCUT2D eigenvalue weighted by Gasteiger charge is -2.31. The van der Waals surface area contributed by atoms with E-state index in [0.29, 0.717) is 6.61 Å². The Morgan fingerprint density at radius 2 is 1.92 bits per heavy atom. The van der Waals surface area contributed by atoms with Crippen molar-refractivity contribution in [1.82, 2.24) is 9.80 Å². The summed E-state index contributed by atoms with van der Waals surface area (Å²) >= 11 is 0. The largest absolute Gasteiger partial charge is 0.449 e. The molecule has 1 aliphatic heterocycles. The molecule has 0 radical (unpaired) electrons. The molecule has 0 aromatic heterocycles. The van der Waals surface area contributed by atoms with E-state index in [-0.39, 0.29) is 6.09 Å². The van der Waals surface area contributed by atoms with Crippen LogP contribution >= 0.6 is 0 Å². The lowest BCUT2D eigenvalue weighted by molar-refractivity contribution is 0.0819. The molecular weight excluding hydrogens is 168 g/mol. The normalized spacial score (nSPS) is 18.8. The number of piperazine rings is 1. The van der Waals surface area contributed by atoms with Crippen molar-refractivity contribution in [2.75, 3.05) is 39.8 Å². The van der Waals surface area contributed by atoms with Gasteiger partial charge in [-0.3, -0.25) is 0 Å². The Balaban J connectivity index is 2.23. The number of nitrogens with zero attached hydrogens (tertiary/aromatic N) is 2. The van der Waals surface area contributed by atoms with Gasteiger partial charge < -0.3 is 14.5 Å². The summed E-state index contributed by atoms with van der Waals surface area (Å²) in [6.45, 7) is 6.00. The van der Waals surface area contributed by atoms with Crippen molar-refractivity contribution >= 4 is 6.09 Å². The molecule has 0 aliphatic carbocycles. The van der Waals surface area contributed by atoms with Crippen LogP contribution in [0, 0.1) is 0 Å². The first kappa shape index (κ1) is 10.3. The molecular formula is C9H18N2O2. The van der Waals surface area contributed by atoms with Gasteiger partial charge in [0.25, 0.3) is 0 Å². The third-order valence-electron chi connectivity index (χ3n) is 2.19. The third-order valence-corrected chi connectivity index (χ3v) is 2.19. The predicted octanol–water partition coefficient (Wildman–Crippen LogP) is 0.780. The third kappa shape index (κ3) is 3.22. The smallest absolute Gasteiger partial charge is 0.409 e. The van der Waals surface area contributed by atoms with Gasteiger partial charge in [0.05, 0.1) is 6.61 Å². The monoisotopic (exact) mass is 186 g/mol. The Kier molecular flexibility index (Phi) is 4.02. The number of carbonyl (C=O) groups is 1. The van der Waals surface area contributed by atoms with Crippen molar-refractivity contribution in [3.05, 3.63) is 0 Å². The highest BCUT2D eigenvalue weighted by molar-refractivity contribution is 5.67. The van der Waals surface area contributed by atoms with Crippen LogP contribution in [0.4, 0.5) is 4.79 Å². The van der Waals surface area contributed by atoms with Crippen LogP contribution in [0.25, 0.3) is 0 Å². The van der Waals surface area contributed by atoms with Crippen LogP contribution in [0.2, 0.25) is 0 Å². The fourth-order valence-electron chi connectivity index (χ4n) is 1.27. The summed E-state index contributed by atoms with van der Waals surface area (Å²) < 4.78 is 5.03. The molecule has 76 valence electrons.